The molecule has 52 valence electrons. The van der Waals surface area contributed by atoms with E-state index in [4.69, 9.17) is 0 Å². The summed E-state index contributed by atoms with van der Waals surface area (Å²) in [6, 6.07) is 9.97. The van der Waals surface area contributed by atoms with Gasteiger partial charge in [-0.2, -0.15) is 0 Å². The second kappa shape index (κ2) is 8.38. The van der Waals surface area contributed by atoms with Crippen LogP contribution in [0.1, 0.15) is 0 Å². The fraction of sp³-hybridized carbons (Fsp3) is 0. The Morgan fingerprint density at radius 3 is 1.60 bits per heavy atom. The van der Waals surface area contributed by atoms with Crippen molar-refractivity contribution >= 4 is 43.2 Å². The van der Waals surface area contributed by atoms with Gasteiger partial charge in [0.1, 0.15) is 0 Å². The third-order valence-electron chi connectivity index (χ3n) is 0.733. The van der Waals surface area contributed by atoms with Crippen molar-refractivity contribution in [3.63, 3.8) is 0 Å². The van der Waals surface area contributed by atoms with Crippen LogP contribution in [0, 0.1) is 0 Å². The summed E-state index contributed by atoms with van der Waals surface area (Å²) in [4.78, 5) is 0. The summed E-state index contributed by atoms with van der Waals surface area (Å²) in [7, 11) is 0. The molecule has 0 fully saturated rings. The summed E-state index contributed by atoms with van der Waals surface area (Å²) in [5, 5.41) is 0. The number of benzene rings is 1. The normalized spacial score (nSPS) is 7.10. The summed E-state index contributed by atoms with van der Waals surface area (Å²) in [6.45, 7) is 0. The number of halogens is 3. The monoisotopic (exact) mass is 378 g/mol. The molecular weight excluding hydrogens is 377 g/mol. The molecule has 0 heterocycles. The zero-order valence-corrected chi connectivity index (χ0v) is 13.0. The Morgan fingerprint density at radius 1 is 1.00 bits per heavy atom. The van der Waals surface area contributed by atoms with Crippen LogP contribution >= 0.6 is 43.2 Å². The molecule has 0 saturated carbocycles. The van der Waals surface area contributed by atoms with E-state index in [-0.39, 0.29) is 13.2 Å². The SMILES string of the molecule is Brc1ccccc1.[Br][Zn][Br]. The zero-order chi connectivity index (χ0) is 7.82. The van der Waals surface area contributed by atoms with E-state index < -0.39 is 0 Å². The summed E-state index contributed by atoms with van der Waals surface area (Å²) in [6.07, 6.45) is 0. The Hall–Kier alpha value is 1.28. The van der Waals surface area contributed by atoms with Crippen LogP contribution in [0.25, 0.3) is 0 Å². The molecule has 0 amide bonds. The average Bonchev–Trinajstić information content (AvgIpc) is 1.91. The van der Waals surface area contributed by atoms with Crippen LogP contribution in [0.15, 0.2) is 34.8 Å². The fourth-order valence-corrected chi connectivity index (χ4v) is 0.720. The molecule has 0 spiro atoms. The molecule has 0 radical (unpaired) electrons. The van der Waals surface area contributed by atoms with Crippen LogP contribution in [0.4, 0.5) is 0 Å². The summed E-state index contributed by atoms with van der Waals surface area (Å²) in [5.41, 5.74) is 0. The molecule has 0 aliphatic carbocycles. The van der Waals surface area contributed by atoms with Gasteiger partial charge in [-0.1, -0.05) is 34.1 Å². The first-order valence-electron chi connectivity index (χ1n) is 2.63. The maximum atomic E-state index is 3.31. The van der Waals surface area contributed by atoms with Gasteiger partial charge in [-0.3, -0.25) is 0 Å². The van der Waals surface area contributed by atoms with Crippen LogP contribution in [0.5, 0.6) is 0 Å². The van der Waals surface area contributed by atoms with Gasteiger partial charge in [0, 0.05) is 4.47 Å². The molecule has 1 aromatic rings. The predicted octanol–water partition coefficient (Wildman–Crippen LogP) is 4.14. The van der Waals surface area contributed by atoms with Crippen molar-refractivity contribution in [2.75, 3.05) is 0 Å². The number of rotatable bonds is 0. The quantitative estimate of drug-likeness (QED) is 0.592. The van der Waals surface area contributed by atoms with Crippen molar-refractivity contribution in [2.45, 2.75) is 0 Å². The second-order valence-corrected chi connectivity index (χ2v) is 16.4. The Kier molecular flexibility index (Phi) is 9.46. The standard InChI is InChI=1S/C6H5Br.2BrH.Zn/c7-6-4-2-1-3-5-6;;;/h1-5H;2*1H;/q;;;+2/p-2. The van der Waals surface area contributed by atoms with Gasteiger partial charge in [-0.15, -0.1) is 0 Å². The first-order chi connectivity index (χ1) is 4.81. The van der Waals surface area contributed by atoms with E-state index in [2.05, 4.69) is 43.2 Å². The van der Waals surface area contributed by atoms with E-state index in [1.807, 2.05) is 30.3 Å². The molecule has 4 heteroatoms. The summed E-state index contributed by atoms with van der Waals surface area (Å²) in [5.74, 6) is 0. The molecule has 0 atom stereocenters. The van der Waals surface area contributed by atoms with Crippen LogP contribution in [-0.4, -0.2) is 0 Å². The van der Waals surface area contributed by atoms with Crippen molar-refractivity contribution < 1.29 is 13.2 Å². The molecule has 0 N–H and O–H groups in total. The third-order valence-corrected chi connectivity index (χ3v) is 1.26. The minimum absolute atomic E-state index is 0.250. The van der Waals surface area contributed by atoms with E-state index in [9.17, 15) is 0 Å². The molecular formula is C6H5Br3Zn. The molecule has 0 unspecified atom stereocenters. The van der Waals surface area contributed by atoms with E-state index in [0.717, 1.165) is 4.47 Å². The van der Waals surface area contributed by atoms with Crippen LogP contribution in [-0.2, 0) is 13.2 Å². The van der Waals surface area contributed by atoms with Crippen molar-refractivity contribution in [3.8, 4) is 0 Å². The topological polar surface area (TPSA) is 0 Å². The van der Waals surface area contributed by atoms with Crippen LogP contribution in [0.3, 0.4) is 0 Å². The van der Waals surface area contributed by atoms with Gasteiger partial charge in [-0.05, 0) is 12.1 Å². The van der Waals surface area contributed by atoms with Crippen LogP contribution in [0.2, 0.25) is 0 Å². The molecule has 0 bridgehead atoms. The molecule has 10 heavy (non-hydrogen) atoms. The Bertz CT molecular complexity index is 154. The van der Waals surface area contributed by atoms with Crippen molar-refractivity contribution in [2.24, 2.45) is 0 Å². The molecule has 0 aliphatic heterocycles. The average molecular weight is 382 g/mol. The summed E-state index contributed by atoms with van der Waals surface area (Å²) < 4.78 is 1.13. The zero-order valence-electron chi connectivity index (χ0n) is 5.23. The van der Waals surface area contributed by atoms with Crippen molar-refractivity contribution in [1.29, 1.82) is 0 Å². The first-order valence-corrected chi connectivity index (χ1v) is 17.3. The second-order valence-electron chi connectivity index (χ2n) is 1.40. The third kappa shape index (κ3) is 7.39. The Morgan fingerprint density at radius 2 is 1.40 bits per heavy atom. The maximum absolute atomic E-state index is 3.31. The molecule has 0 saturated heterocycles. The van der Waals surface area contributed by atoms with E-state index in [0.29, 0.717) is 0 Å². The molecule has 0 aromatic heterocycles. The van der Waals surface area contributed by atoms with Gasteiger partial charge in [0.05, 0.1) is 0 Å². The van der Waals surface area contributed by atoms with E-state index in [1.54, 1.807) is 0 Å². The van der Waals surface area contributed by atoms with Gasteiger partial charge in [-0.25, -0.2) is 0 Å². The molecule has 1 rings (SSSR count). The number of hydrogen-bond acceptors (Lipinski definition) is 0. The van der Waals surface area contributed by atoms with Gasteiger partial charge in [0.15, 0.2) is 0 Å². The van der Waals surface area contributed by atoms with E-state index >= 15 is 0 Å². The van der Waals surface area contributed by atoms with Crippen molar-refractivity contribution in [3.05, 3.63) is 34.8 Å². The molecule has 0 aliphatic rings. The predicted molar refractivity (Wildman–Crippen MR) is 52.0 cm³/mol. The van der Waals surface area contributed by atoms with E-state index in [1.165, 1.54) is 0 Å². The van der Waals surface area contributed by atoms with Gasteiger partial charge < -0.3 is 0 Å². The van der Waals surface area contributed by atoms with Gasteiger partial charge in [0.25, 0.3) is 0 Å². The Labute approximate surface area is 90.2 Å². The van der Waals surface area contributed by atoms with Crippen molar-refractivity contribution in [1.82, 2.24) is 0 Å². The molecule has 1 aromatic carbocycles. The van der Waals surface area contributed by atoms with Gasteiger partial charge in [0.2, 0.25) is 0 Å². The van der Waals surface area contributed by atoms with Crippen LogP contribution < -0.4 is 0 Å². The fourth-order valence-electron chi connectivity index (χ4n) is 0.415. The molecule has 0 nitrogen and oxygen atoms in total. The first kappa shape index (κ1) is 11.3. The van der Waals surface area contributed by atoms with Gasteiger partial charge >= 0.3 is 40.5 Å². The Balaban J connectivity index is 0.000000236. The number of hydrogen-bond donors (Lipinski definition) is 0. The summed E-state index contributed by atoms with van der Waals surface area (Å²) >= 11 is 9.56. The minimum atomic E-state index is -0.250.